The van der Waals surface area contributed by atoms with E-state index in [1.54, 1.807) is 6.82 Å². The predicted octanol–water partition coefficient (Wildman–Crippen LogP) is -0.124. The normalized spacial score (nSPS) is 6.50. The second-order valence-electron chi connectivity index (χ2n) is 0.418. The zero-order valence-electron chi connectivity index (χ0n) is 2.56. The Kier molecular flexibility index (Phi) is 2.97. The Hall–Kier alpha value is -0.0151. The summed E-state index contributed by atoms with van der Waals surface area (Å²) in [7, 11) is 0.375. The van der Waals surface area contributed by atoms with Gasteiger partial charge in [-0.1, -0.05) is 6.82 Å². The minimum absolute atomic E-state index is 0.375. The Labute approximate surface area is 25.6 Å². The van der Waals surface area contributed by atoms with Gasteiger partial charge in [0.25, 0.3) is 0 Å². The first-order valence-electron chi connectivity index (χ1n) is 1.18. The second kappa shape index (κ2) is 2.98. The van der Waals surface area contributed by atoms with E-state index >= 15 is 0 Å². The molecule has 0 atom stereocenters. The lowest BCUT2D eigenvalue weighted by molar-refractivity contribution is -0.137. The fourth-order valence-electron chi connectivity index (χ4n) is 0. The highest BCUT2D eigenvalue weighted by Crippen LogP contribution is 1.46. The van der Waals surface area contributed by atoms with Gasteiger partial charge in [-0.05, 0) is 0 Å². The molecule has 0 aliphatic carbocycles. The first-order valence-corrected chi connectivity index (χ1v) is 1.18. The average Bonchev–Trinajstić information content (AvgIpc) is 1.37. The molecule has 0 spiro atoms. The quantitative estimate of drug-likeness (QED) is 0.259. The summed E-state index contributed by atoms with van der Waals surface area (Å²) in [6, 6.07) is 0. The topological polar surface area (TPSA) is 29.5 Å². The van der Waals surface area contributed by atoms with Gasteiger partial charge in [0.2, 0.25) is 0 Å². The van der Waals surface area contributed by atoms with E-state index in [1.165, 1.54) is 0 Å². The minimum atomic E-state index is 0.375. The molecule has 3 heteroatoms. The summed E-state index contributed by atoms with van der Waals surface area (Å²) < 4.78 is 0. The van der Waals surface area contributed by atoms with E-state index in [1.807, 2.05) is 0 Å². The Morgan fingerprint density at radius 1 is 2.00 bits per heavy atom. The van der Waals surface area contributed by atoms with Crippen LogP contribution in [0.1, 0.15) is 0 Å². The van der Waals surface area contributed by atoms with Crippen molar-refractivity contribution >= 4 is 7.48 Å². The molecule has 0 aliphatic heterocycles. The summed E-state index contributed by atoms with van der Waals surface area (Å²) >= 11 is 0. The molecule has 0 saturated heterocycles. The van der Waals surface area contributed by atoms with Crippen molar-refractivity contribution in [2.24, 2.45) is 0 Å². The monoisotopic (exact) mass is 60.0 g/mol. The molecule has 24 valence electrons. The van der Waals surface area contributed by atoms with Gasteiger partial charge in [-0.15, -0.1) is 0 Å². The van der Waals surface area contributed by atoms with Crippen molar-refractivity contribution in [2.45, 2.75) is 6.82 Å². The Balaban J connectivity index is 1.97. The lowest BCUT2D eigenvalue weighted by Gasteiger charge is -1.71. The molecule has 0 unspecified atom stereocenters. The highest BCUT2D eigenvalue weighted by atomic mass is 17.1. The van der Waals surface area contributed by atoms with Crippen molar-refractivity contribution in [2.75, 3.05) is 0 Å². The SMILES string of the molecule is CBOO. The van der Waals surface area contributed by atoms with Crippen LogP contribution in [0.5, 0.6) is 0 Å². The molecule has 0 heterocycles. The van der Waals surface area contributed by atoms with Crippen LogP contribution in [-0.2, 0) is 4.81 Å². The Bertz CT molecular complexity index is 8.00. The molecule has 0 aromatic heterocycles. The van der Waals surface area contributed by atoms with Gasteiger partial charge in [0.05, 0.1) is 0 Å². The molecule has 0 amide bonds. The van der Waals surface area contributed by atoms with E-state index in [0.717, 1.165) is 0 Å². The van der Waals surface area contributed by atoms with Gasteiger partial charge < -0.3 is 4.81 Å². The van der Waals surface area contributed by atoms with E-state index in [0.29, 0.717) is 7.48 Å². The number of rotatable bonds is 1. The maximum Gasteiger partial charge on any atom is 0.319 e. The van der Waals surface area contributed by atoms with Crippen LogP contribution in [0.2, 0.25) is 6.82 Å². The minimum Gasteiger partial charge on any atom is -0.313 e. The molecule has 0 aromatic rings. The molecule has 1 N–H and O–H groups in total. The largest absolute Gasteiger partial charge is 0.319 e. The summed E-state index contributed by atoms with van der Waals surface area (Å²) in [4.78, 5) is 3.54. The maximum atomic E-state index is 7.38. The van der Waals surface area contributed by atoms with Crippen molar-refractivity contribution in [1.29, 1.82) is 0 Å². The fourth-order valence-corrected chi connectivity index (χ4v) is 0. The van der Waals surface area contributed by atoms with Crippen LogP contribution >= 0.6 is 0 Å². The molecule has 2 nitrogen and oxygen atoms in total. The zero-order chi connectivity index (χ0) is 3.41. The van der Waals surface area contributed by atoms with E-state index in [4.69, 9.17) is 5.26 Å². The maximum absolute atomic E-state index is 7.38. The standard InChI is InChI=1S/CH5BO2/c1-2-4-3/h2-3H,1H3. The van der Waals surface area contributed by atoms with Gasteiger partial charge in [-0.3, -0.25) is 5.26 Å². The molecule has 0 rings (SSSR count). The van der Waals surface area contributed by atoms with Crippen LogP contribution in [0.25, 0.3) is 0 Å². The van der Waals surface area contributed by atoms with Gasteiger partial charge in [0.1, 0.15) is 0 Å². The Morgan fingerprint density at radius 2 is 2.25 bits per heavy atom. The van der Waals surface area contributed by atoms with Crippen molar-refractivity contribution < 1.29 is 10.1 Å². The third-order valence-corrected chi connectivity index (χ3v) is 0.129. The van der Waals surface area contributed by atoms with Crippen LogP contribution in [0.3, 0.4) is 0 Å². The summed E-state index contributed by atoms with van der Waals surface area (Å²) in [5, 5.41) is 7.38. The summed E-state index contributed by atoms with van der Waals surface area (Å²) in [6.45, 7) is 1.71. The van der Waals surface area contributed by atoms with Crippen molar-refractivity contribution in [3.63, 3.8) is 0 Å². The molecule has 0 fully saturated rings. The summed E-state index contributed by atoms with van der Waals surface area (Å²) in [5.41, 5.74) is 0. The van der Waals surface area contributed by atoms with E-state index in [9.17, 15) is 0 Å². The predicted molar refractivity (Wildman–Crippen MR) is 16.7 cm³/mol. The average molecular weight is 59.9 g/mol. The van der Waals surface area contributed by atoms with Gasteiger partial charge in [0, 0.05) is 0 Å². The number of hydrogen-bond acceptors (Lipinski definition) is 2. The van der Waals surface area contributed by atoms with Crippen molar-refractivity contribution in [1.82, 2.24) is 0 Å². The fraction of sp³-hybridized carbons (Fsp3) is 1.00. The van der Waals surface area contributed by atoms with Crippen molar-refractivity contribution in [3.05, 3.63) is 0 Å². The third kappa shape index (κ3) is 1.98. The lowest BCUT2D eigenvalue weighted by atomic mass is 10.1. The molecule has 0 saturated carbocycles. The first kappa shape index (κ1) is 3.98. The highest BCUT2D eigenvalue weighted by molar-refractivity contribution is 6.24. The van der Waals surface area contributed by atoms with E-state index in [-0.39, 0.29) is 0 Å². The van der Waals surface area contributed by atoms with E-state index < -0.39 is 0 Å². The van der Waals surface area contributed by atoms with Crippen LogP contribution in [0.4, 0.5) is 0 Å². The molecule has 0 radical (unpaired) electrons. The number of hydrogen-bond donors (Lipinski definition) is 1. The Morgan fingerprint density at radius 3 is 2.25 bits per heavy atom. The van der Waals surface area contributed by atoms with Gasteiger partial charge in [-0.2, -0.15) is 0 Å². The molecular formula is CH5BO2. The lowest BCUT2D eigenvalue weighted by Crippen LogP contribution is -1.80. The van der Waals surface area contributed by atoms with E-state index in [2.05, 4.69) is 4.81 Å². The van der Waals surface area contributed by atoms with Crippen LogP contribution in [0, 0.1) is 0 Å². The molecular weight excluding hydrogens is 54.8 g/mol. The smallest absolute Gasteiger partial charge is 0.313 e. The summed E-state index contributed by atoms with van der Waals surface area (Å²) in [6.07, 6.45) is 0. The van der Waals surface area contributed by atoms with Gasteiger partial charge in [-0.25, -0.2) is 0 Å². The third-order valence-electron chi connectivity index (χ3n) is 0.129. The first-order chi connectivity index (χ1) is 1.91. The molecule has 0 aliphatic rings. The van der Waals surface area contributed by atoms with Crippen LogP contribution < -0.4 is 0 Å². The zero-order valence-corrected chi connectivity index (χ0v) is 2.56. The van der Waals surface area contributed by atoms with Gasteiger partial charge >= 0.3 is 7.48 Å². The molecule has 0 bridgehead atoms. The summed E-state index contributed by atoms with van der Waals surface area (Å²) in [5.74, 6) is 0. The second-order valence-corrected chi connectivity index (χ2v) is 0.418. The van der Waals surface area contributed by atoms with Gasteiger partial charge in [0.15, 0.2) is 0 Å². The van der Waals surface area contributed by atoms with Crippen LogP contribution in [0.15, 0.2) is 0 Å². The highest BCUT2D eigenvalue weighted by Gasteiger charge is 1.62. The van der Waals surface area contributed by atoms with Crippen LogP contribution in [-0.4, -0.2) is 12.7 Å². The molecule has 4 heavy (non-hydrogen) atoms. The van der Waals surface area contributed by atoms with Crippen molar-refractivity contribution in [3.8, 4) is 0 Å². The molecule has 0 aromatic carbocycles.